The van der Waals surface area contributed by atoms with Gasteiger partial charge in [-0.2, -0.15) is 0 Å². The second-order valence-corrected chi connectivity index (χ2v) is 11.4. The Balaban J connectivity index is 1.08. The van der Waals surface area contributed by atoms with Crippen molar-refractivity contribution in [1.82, 2.24) is 9.47 Å². The van der Waals surface area contributed by atoms with Crippen molar-refractivity contribution in [3.8, 4) is 5.75 Å². The molecular formula is C28H30N4O6S. The minimum Gasteiger partial charge on any atom is -0.497 e. The lowest BCUT2D eigenvalue weighted by atomic mass is 10.0. The Morgan fingerprint density at radius 2 is 2.00 bits per heavy atom. The van der Waals surface area contributed by atoms with Gasteiger partial charge in [0.15, 0.2) is 0 Å². The lowest BCUT2D eigenvalue weighted by molar-refractivity contribution is -0.113. The molecule has 0 radical (unpaired) electrons. The first-order valence-electron chi connectivity index (χ1n) is 13.0. The van der Waals surface area contributed by atoms with E-state index in [-0.39, 0.29) is 24.1 Å². The summed E-state index contributed by atoms with van der Waals surface area (Å²) in [5, 5.41) is 15.2. The van der Waals surface area contributed by atoms with E-state index < -0.39 is 11.7 Å². The summed E-state index contributed by atoms with van der Waals surface area (Å²) in [5.41, 5.74) is 0.917. The molecule has 2 N–H and O–H groups in total. The number of carbonyl (C=O) groups excluding carboxylic acids is 2. The van der Waals surface area contributed by atoms with Crippen LogP contribution < -0.4 is 20.5 Å². The van der Waals surface area contributed by atoms with Crippen LogP contribution >= 0.6 is 11.8 Å². The normalized spacial score (nSPS) is 23.1. The van der Waals surface area contributed by atoms with Crippen LogP contribution in [0.3, 0.4) is 0 Å². The Morgan fingerprint density at radius 1 is 1.15 bits per heavy atom. The lowest BCUT2D eigenvalue weighted by Gasteiger charge is -2.25. The summed E-state index contributed by atoms with van der Waals surface area (Å²) >= 11 is 1.48. The number of ether oxygens (including phenoxy) is 2. The molecule has 0 saturated carbocycles. The number of nitrogens with zero attached hydrogens (tertiary/aromatic N) is 3. The Morgan fingerprint density at radius 3 is 2.85 bits per heavy atom. The predicted molar refractivity (Wildman–Crippen MR) is 149 cm³/mol. The number of hydrogen-bond donors (Lipinski definition) is 2. The maximum Gasteiger partial charge on any atom is 0.414 e. The van der Waals surface area contributed by atoms with Crippen LogP contribution in [-0.4, -0.2) is 77.3 Å². The van der Waals surface area contributed by atoms with Crippen LogP contribution in [0.25, 0.3) is 10.9 Å². The number of thioether (sulfide) groups is 1. The zero-order valence-electron chi connectivity index (χ0n) is 21.6. The van der Waals surface area contributed by atoms with Crippen LogP contribution in [0.15, 0.2) is 58.2 Å². The number of hydrogen-bond acceptors (Lipinski definition) is 8. The standard InChI is InChI=1S/C28H30N4O6S/c1-37-20-5-2-18-3-7-26(34)32(23(18)13-20)17-28(36)9-11-30(16-28)10-8-21-14-31(27(35)38-21)19-4-6-24-22(12-19)29-25(33)15-39-24/h2-7,12-13,21,36H,8-11,14-17H2,1H3,(H,29,33). The average molecular weight is 551 g/mol. The van der Waals surface area contributed by atoms with E-state index >= 15 is 0 Å². The number of nitrogens with one attached hydrogen (secondary N) is 1. The third-order valence-corrected chi connectivity index (χ3v) is 8.69. The van der Waals surface area contributed by atoms with Crippen LogP contribution in [-0.2, 0) is 16.1 Å². The van der Waals surface area contributed by atoms with Crippen molar-refractivity contribution >= 4 is 46.0 Å². The molecule has 3 aromatic rings. The van der Waals surface area contributed by atoms with Gasteiger partial charge < -0.3 is 29.4 Å². The molecule has 0 aliphatic carbocycles. The number of aliphatic hydroxyl groups is 1. The van der Waals surface area contributed by atoms with E-state index in [1.807, 2.05) is 36.4 Å². The number of carbonyl (C=O) groups is 2. The highest BCUT2D eigenvalue weighted by atomic mass is 32.2. The van der Waals surface area contributed by atoms with Crippen LogP contribution in [0, 0.1) is 0 Å². The molecule has 4 heterocycles. The van der Waals surface area contributed by atoms with Gasteiger partial charge in [-0.25, -0.2) is 4.79 Å². The minimum atomic E-state index is -1.05. The second-order valence-electron chi connectivity index (χ2n) is 10.4. The van der Waals surface area contributed by atoms with Gasteiger partial charge in [0.25, 0.3) is 5.56 Å². The Labute approximate surface area is 229 Å². The molecule has 3 aliphatic heterocycles. The fraction of sp³-hybridized carbons (Fsp3) is 0.393. The summed E-state index contributed by atoms with van der Waals surface area (Å²) in [6, 6.07) is 14.5. The zero-order chi connectivity index (χ0) is 27.1. The molecule has 6 rings (SSSR count). The molecule has 39 heavy (non-hydrogen) atoms. The van der Waals surface area contributed by atoms with E-state index in [0.717, 1.165) is 15.8 Å². The summed E-state index contributed by atoms with van der Waals surface area (Å²) in [5.74, 6) is 0.988. The van der Waals surface area contributed by atoms with Crippen molar-refractivity contribution in [2.45, 2.75) is 36.0 Å². The molecule has 2 saturated heterocycles. The SMILES string of the molecule is COc1ccc2ccc(=O)n(CC3(O)CCN(CCC4CN(c5ccc6c(c5)NC(=O)CS6)C(=O)O4)C3)c2c1. The van der Waals surface area contributed by atoms with Crippen molar-refractivity contribution in [3.63, 3.8) is 0 Å². The smallest absolute Gasteiger partial charge is 0.414 e. The van der Waals surface area contributed by atoms with Crippen LogP contribution in [0.4, 0.5) is 16.2 Å². The van der Waals surface area contributed by atoms with Crippen molar-refractivity contribution in [1.29, 1.82) is 0 Å². The number of methoxy groups -OCH3 is 1. The van der Waals surface area contributed by atoms with E-state index in [1.54, 1.807) is 22.6 Å². The highest BCUT2D eigenvalue weighted by Crippen LogP contribution is 2.36. The number of cyclic esters (lactones) is 1. The Kier molecular flexibility index (Phi) is 6.74. The molecule has 204 valence electrons. The fourth-order valence-corrected chi connectivity index (χ4v) is 6.35. The molecule has 11 heteroatoms. The van der Waals surface area contributed by atoms with Gasteiger partial charge >= 0.3 is 6.09 Å². The van der Waals surface area contributed by atoms with Gasteiger partial charge in [0, 0.05) is 42.3 Å². The van der Waals surface area contributed by atoms with Gasteiger partial charge in [0.1, 0.15) is 11.9 Å². The molecule has 10 nitrogen and oxygen atoms in total. The van der Waals surface area contributed by atoms with Crippen LogP contribution in [0.5, 0.6) is 5.75 Å². The number of fused-ring (bicyclic) bond motifs is 2. The number of amides is 2. The third-order valence-electron chi connectivity index (χ3n) is 7.61. The number of pyridine rings is 1. The molecule has 3 aliphatic rings. The second kappa shape index (κ2) is 10.2. The number of rotatable bonds is 7. The topological polar surface area (TPSA) is 113 Å². The summed E-state index contributed by atoms with van der Waals surface area (Å²) in [4.78, 5) is 41.8. The highest BCUT2D eigenvalue weighted by molar-refractivity contribution is 8.00. The Hall–Kier alpha value is -3.54. The lowest BCUT2D eigenvalue weighted by Crippen LogP contribution is -2.41. The number of benzene rings is 2. The molecule has 2 amide bonds. The van der Waals surface area contributed by atoms with E-state index in [9.17, 15) is 19.5 Å². The van der Waals surface area contributed by atoms with E-state index in [0.29, 0.717) is 61.9 Å². The molecule has 2 fully saturated rings. The summed E-state index contributed by atoms with van der Waals surface area (Å²) in [6.45, 7) is 2.37. The number of likely N-dealkylation sites (tertiary alicyclic amines) is 1. The van der Waals surface area contributed by atoms with Crippen LogP contribution in [0.1, 0.15) is 12.8 Å². The predicted octanol–water partition coefficient (Wildman–Crippen LogP) is 2.91. The van der Waals surface area contributed by atoms with Gasteiger partial charge in [-0.15, -0.1) is 11.8 Å². The van der Waals surface area contributed by atoms with Crippen molar-refractivity contribution in [2.24, 2.45) is 0 Å². The first-order valence-corrected chi connectivity index (χ1v) is 14.0. The summed E-state index contributed by atoms with van der Waals surface area (Å²) in [6.07, 6.45) is 0.481. The monoisotopic (exact) mass is 550 g/mol. The maximum absolute atomic E-state index is 12.7. The highest BCUT2D eigenvalue weighted by Gasteiger charge is 2.38. The van der Waals surface area contributed by atoms with Gasteiger partial charge in [0.2, 0.25) is 5.91 Å². The first-order chi connectivity index (χ1) is 18.8. The van der Waals surface area contributed by atoms with Gasteiger partial charge in [-0.3, -0.25) is 14.5 Å². The number of anilines is 2. The largest absolute Gasteiger partial charge is 0.497 e. The molecular weight excluding hydrogens is 520 g/mol. The summed E-state index contributed by atoms with van der Waals surface area (Å²) in [7, 11) is 1.58. The average Bonchev–Trinajstić information content (AvgIpc) is 3.50. The zero-order valence-corrected chi connectivity index (χ0v) is 22.4. The molecule has 0 bridgehead atoms. The van der Waals surface area contributed by atoms with Crippen molar-refractivity contribution < 1.29 is 24.2 Å². The molecule has 1 aromatic heterocycles. The van der Waals surface area contributed by atoms with E-state index in [1.165, 1.54) is 17.8 Å². The molecule has 2 atom stereocenters. The first kappa shape index (κ1) is 25.7. The third kappa shape index (κ3) is 5.21. The van der Waals surface area contributed by atoms with E-state index in [4.69, 9.17) is 9.47 Å². The number of β-amino-alcohol motifs (C(OH)–C–C–N with tert-alkyl or cyclic N) is 1. The minimum absolute atomic E-state index is 0.0536. The van der Waals surface area contributed by atoms with Crippen LogP contribution in [0.2, 0.25) is 0 Å². The maximum atomic E-state index is 12.7. The Bertz CT molecular complexity index is 1510. The summed E-state index contributed by atoms with van der Waals surface area (Å²) < 4.78 is 12.6. The van der Waals surface area contributed by atoms with Gasteiger partial charge in [0.05, 0.1) is 42.8 Å². The molecule has 2 aromatic carbocycles. The van der Waals surface area contributed by atoms with Gasteiger partial charge in [-0.1, -0.05) is 0 Å². The number of aromatic nitrogens is 1. The van der Waals surface area contributed by atoms with E-state index in [2.05, 4.69) is 10.2 Å². The van der Waals surface area contributed by atoms with Crippen molar-refractivity contribution in [3.05, 3.63) is 58.9 Å². The quantitative estimate of drug-likeness (QED) is 0.462. The van der Waals surface area contributed by atoms with Crippen molar-refractivity contribution in [2.75, 3.05) is 49.3 Å². The molecule has 0 spiro atoms. The molecule has 2 unspecified atom stereocenters. The van der Waals surface area contributed by atoms with Gasteiger partial charge in [-0.05, 0) is 54.6 Å². The fourth-order valence-electron chi connectivity index (χ4n) is 5.56.